The van der Waals surface area contributed by atoms with Crippen molar-refractivity contribution >= 4 is 67.0 Å². The summed E-state index contributed by atoms with van der Waals surface area (Å²) in [6.07, 6.45) is -2.14. The number of thiazole rings is 1. The smallest absolute Gasteiger partial charge is 0.418 e. The third-order valence-electron chi connectivity index (χ3n) is 7.50. The highest BCUT2D eigenvalue weighted by Crippen LogP contribution is 2.40. The number of β-lactam (4-membered cyclic amide) rings is 1. The van der Waals surface area contributed by atoms with Crippen molar-refractivity contribution in [3.63, 3.8) is 0 Å². The topological polar surface area (TPSA) is 236 Å². The van der Waals surface area contributed by atoms with Crippen LogP contribution in [-0.2, 0) is 33.9 Å². The summed E-state index contributed by atoms with van der Waals surface area (Å²) in [7, 11) is -4.99. The molecule has 0 spiro atoms. The average Bonchev–Trinajstić information content (AvgIpc) is 3.45. The van der Waals surface area contributed by atoms with Crippen LogP contribution < -0.4 is 20.7 Å². The number of ether oxygens (including phenoxy) is 1. The van der Waals surface area contributed by atoms with Gasteiger partial charge in [-0.05, 0) is 44.2 Å². The SMILES string of the molecule is CC1(C)C(CC(=O)/C(=N\O[C@@H](COc2ccc3nc(N4CCNCC4)ccc3c2)C(=O)O)c2csc(N)n2)C(=O)N1OS(=O)(=O)O. The van der Waals surface area contributed by atoms with Crippen molar-refractivity contribution in [2.45, 2.75) is 31.9 Å². The highest BCUT2D eigenvalue weighted by atomic mass is 32.3. The number of piperazine rings is 1. The van der Waals surface area contributed by atoms with Crippen molar-refractivity contribution in [3.8, 4) is 5.75 Å². The van der Waals surface area contributed by atoms with Gasteiger partial charge in [0.2, 0.25) is 0 Å². The molecule has 4 heterocycles. The van der Waals surface area contributed by atoms with Gasteiger partial charge in [-0.25, -0.2) is 14.8 Å². The summed E-state index contributed by atoms with van der Waals surface area (Å²) >= 11 is 0.990. The van der Waals surface area contributed by atoms with Gasteiger partial charge in [0.1, 0.15) is 23.9 Å². The van der Waals surface area contributed by atoms with Gasteiger partial charge in [0.25, 0.3) is 12.0 Å². The number of carbonyl (C=O) groups excluding carboxylic acids is 2. The highest BCUT2D eigenvalue weighted by Gasteiger charge is 2.57. The van der Waals surface area contributed by atoms with Gasteiger partial charge < -0.3 is 30.6 Å². The van der Waals surface area contributed by atoms with Gasteiger partial charge in [-0.2, -0.15) is 13.5 Å². The van der Waals surface area contributed by atoms with Crippen LogP contribution in [0.25, 0.3) is 10.9 Å². The van der Waals surface area contributed by atoms with Crippen molar-refractivity contribution in [2.75, 3.05) is 43.4 Å². The molecule has 0 aliphatic carbocycles. The third-order valence-corrected chi connectivity index (χ3v) is 8.51. The number of nitrogen functional groups attached to an aromatic ring is 1. The van der Waals surface area contributed by atoms with Gasteiger partial charge in [0.15, 0.2) is 16.6 Å². The molecule has 1 unspecified atom stereocenters. The second kappa shape index (κ2) is 13.1. The van der Waals surface area contributed by atoms with Crippen LogP contribution in [0.4, 0.5) is 10.9 Å². The van der Waals surface area contributed by atoms with Gasteiger partial charge in [-0.15, -0.1) is 15.6 Å². The number of hydroxylamine groups is 2. The lowest BCUT2D eigenvalue weighted by molar-refractivity contribution is -0.228. The quantitative estimate of drug-likeness (QED) is 0.0850. The standard InChI is InChI=1S/C27H31N7O10S2/c1-27(2)17(24(36)34(27)44-46(39,40)41)12-20(35)23(19-14-45-26(28)31-19)32-43-21(25(37)38)13-42-16-4-5-18-15(11-16)3-6-22(30-18)33-9-7-29-8-10-33/h3-6,11,14,17,21,29H,7-10,12-13H2,1-2H3,(H2,28,31)(H,37,38)(H,39,40,41)/b32-23-/t17?,21-/m0/s1. The van der Waals surface area contributed by atoms with Crippen molar-refractivity contribution in [1.82, 2.24) is 20.3 Å². The molecule has 2 fully saturated rings. The minimum atomic E-state index is -4.99. The van der Waals surface area contributed by atoms with E-state index in [2.05, 4.69) is 24.6 Å². The van der Waals surface area contributed by atoms with Gasteiger partial charge in [-0.1, -0.05) is 5.16 Å². The van der Waals surface area contributed by atoms with E-state index in [1.807, 2.05) is 12.1 Å². The number of anilines is 2. The number of ketones is 1. The summed E-state index contributed by atoms with van der Waals surface area (Å²) in [5.74, 6) is -2.93. The molecule has 246 valence electrons. The Balaban J connectivity index is 1.28. The number of benzene rings is 1. The number of nitrogens with two attached hydrogens (primary N) is 1. The Hall–Kier alpha value is -4.43. The Morgan fingerprint density at radius 1 is 1.22 bits per heavy atom. The van der Waals surface area contributed by atoms with E-state index >= 15 is 0 Å². The number of oxime groups is 1. The largest absolute Gasteiger partial charge is 0.489 e. The Morgan fingerprint density at radius 2 is 1.96 bits per heavy atom. The average molecular weight is 678 g/mol. The minimum Gasteiger partial charge on any atom is -0.489 e. The number of aromatic nitrogens is 2. The first kappa shape index (κ1) is 32.9. The van der Waals surface area contributed by atoms with Crippen LogP contribution in [0.1, 0.15) is 26.0 Å². The van der Waals surface area contributed by atoms with E-state index < -0.39 is 64.4 Å². The molecule has 1 aromatic carbocycles. The van der Waals surface area contributed by atoms with E-state index in [9.17, 15) is 27.9 Å². The minimum absolute atomic E-state index is 0.0182. The van der Waals surface area contributed by atoms with Gasteiger partial charge in [0.05, 0.1) is 17.0 Å². The number of Topliss-reactive ketones (excluding diaryl/α,β-unsaturated/α-hetero) is 1. The molecule has 3 aromatic rings. The number of aliphatic carboxylic acids is 1. The van der Waals surface area contributed by atoms with Crippen LogP contribution in [0.3, 0.4) is 0 Å². The molecule has 46 heavy (non-hydrogen) atoms. The molecule has 0 saturated carbocycles. The van der Waals surface area contributed by atoms with E-state index in [0.717, 1.165) is 54.2 Å². The fraction of sp³-hybridized carbons (Fsp3) is 0.407. The molecule has 5 N–H and O–H groups in total. The molecule has 2 aliphatic rings. The van der Waals surface area contributed by atoms with E-state index in [1.165, 1.54) is 19.2 Å². The van der Waals surface area contributed by atoms with Gasteiger partial charge in [0, 0.05) is 43.4 Å². The highest BCUT2D eigenvalue weighted by molar-refractivity contribution is 7.80. The number of hydrogen-bond acceptors (Lipinski definition) is 15. The summed E-state index contributed by atoms with van der Waals surface area (Å²) in [5.41, 5.74) is 4.72. The molecule has 1 amide bonds. The molecule has 2 atom stereocenters. The zero-order valence-electron chi connectivity index (χ0n) is 24.7. The van der Waals surface area contributed by atoms with Crippen LogP contribution in [-0.4, -0.2) is 101 Å². The van der Waals surface area contributed by atoms with Crippen molar-refractivity contribution in [2.24, 2.45) is 11.1 Å². The van der Waals surface area contributed by atoms with E-state index in [0.29, 0.717) is 10.8 Å². The Kier molecular flexibility index (Phi) is 9.40. The second-order valence-corrected chi connectivity index (χ2v) is 12.9. The maximum Gasteiger partial charge on any atom is 0.418 e. The predicted octanol–water partition coefficient (Wildman–Crippen LogP) is 0.867. The molecule has 0 bridgehead atoms. The zero-order valence-corrected chi connectivity index (χ0v) is 26.3. The van der Waals surface area contributed by atoms with Gasteiger partial charge >= 0.3 is 16.4 Å². The number of carboxylic acids is 1. The lowest BCUT2D eigenvalue weighted by Gasteiger charge is -2.50. The van der Waals surface area contributed by atoms with Crippen LogP contribution >= 0.6 is 11.3 Å². The Bertz CT molecular complexity index is 1790. The number of rotatable bonds is 13. The summed E-state index contributed by atoms with van der Waals surface area (Å²) in [4.78, 5) is 54.1. The van der Waals surface area contributed by atoms with E-state index in [-0.39, 0.29) is 10.8 Å². The normalized spacial score (nSPS) is 19.1. The molecule has 0 radical (unpaired) electrons. The molecular weight excluding hydrogens is 646 g/mol. The second-order valence-electron chi connectivity index (χ2n) is 11.0. The Morgan fingerprint density at radius 3 is 2.59 bits per heavy atom. The molecule has 2 aromatic heterocycles. The zero-order chi connectivity index (χ0) is 33.2. The van der Waals surface area contributed by atoms with Crippen molar-refractivity contribution < 1.29 is 46.3 Å². The Labute approximate surface area is 266 Å². The van der Waals surface area contributed by atoms with Crippen LogP contribution in [0.15, 0.2) is 40.9 Å². The van der Waals surface area contributed by atoms with Crippen LogP contribution in [0, 0.1) is 5.92 Å². The van der Waals surface area contributed by atoms with Crippen molar-refractivity contribution in [3.05, 3.63) is 41.4 Å². The van der Waals surface area contributed by atoms with Crippen molar-refractivity contribution in [1.29, 1.82) is 0 Å². The molecular formula is C27H31N7O10S2. The monoisotopic (exact) mass is 677 g/mol. The summed E-state index contributed by atoms with van der Waals surface area (Å²) in [5, 5.41) is 19.6. The first-order chi connectivity index (χ1) is 21.7. The molecule has 19 heteroatoms. The number of fused-ring (bicyclic) bond motifs is 1. The number of nitrogens with zero attached hydrogens (tertiary/aromatic N) is 5. The maximum atomic E-state index is 13.3. The van der Waals surface area contributed by atoms with Crippen LogP contribution in [0.5, 0.6) is 5.75 Å². The molecule has 5 rings (SSSR count). The fourth-order valence-corrected chi connectivity index (χ4v) is 5.98. The third kappa shape index (κ3) is 7.34. The number of amides is 1. The predicted molar refractivity (Wildman–Crippen MR) is 165 cm³/mol. The van der Waals surface area contributed by atoms with E-state index in [1.54, 1.807) is 18.2 Å². The molecule has 17 nitrogen and oxygen atoms in total. The number of carbonyl (C=O) groups is 3. The van der Waals surface area contributed by atoms with Gasteiger partial charge in [-0.3, -0.25) is 14.1 Å². The number of nitrogens with one attached hydrogen (secondary N) is 1. The fourth-order valence-electron chi connectivity index (χ4n) is 4.97. The lowest BCUT2D eigenvalue weighted by Crippen LogP contribution is -2.68. The van der Waals surface area contributed by atoms with Crippen LogP contribution in [0.2, 0.25) is 0 Å². The first-order valence-corrected chi connectivity index (χ1v) is 16.2. The number of pyridine rings is 1. The summed E-state index contributed by atoms with van der Waals surface area (Å²) < 4.78 is 41.2. The molecule has 2 saturated heterocycles. The van der Waals surface area contributed by atoms with E-state index in [4.69, 9.17) is 24.8 Å². The lowest BCUT2D eigenvalue weighted by atomic mass is 9.74. The first-order valence-electron chi connectivity index (χ1n) is 13.9. The maximum absolute atomic E-state index is 13.3. The summed E-state index contributed by atoms with van der Waals surface area (Å²) in [6.45, 7) is 5.83. The molecule has 2 aliphatic heterocycles. The number of hydrogen-bond donors (Lipinski definition) is 4. The summed E-state index contributed by atoms with van der Waals surface area (Å²) in [6, 6.07) is 8.95. The number of carboxylic acid groups (broad SMARTS) is 1.